The van der Waals surface area contributed by atoms with E-state index < -0.39 is 5.60 Å². The van der Waals surface area contributed by atoms with Gasteiger partial charge in [-0.15, -0.1) is 11.3 Å². The highest BCUT2D eigenvalue weighted by Gasteiger charge is 2.32. The Labute approximate surface area is 93.2 Å². The Morgan fingerprint density at radius 2 is 2.20 bits per heavy atom. The molecule has 0 amide bonds. The van der Waals surface area contributed by atoms with E-state index in [1.54, 1.807) is 11.3 Å². The Morgan fingerprint density at radius 3 is 2.73 bits per heavy atom. The first-order chi connectivity index (χ1) is 7.07. The minimum absolute atomic E-state index is 0.272. The smallest absolute Gasteiger partial charge is 0.133 e. The summed E-state index contributed by atoms with van der Waals surface area (Å²) in [4.78, 5) is 15.4. The van der Waals surface area contributed by atoms with Crippen molar-refractivity contribution in [3.63, 3.8) is 0 Å². The van der Waals surface area contributed by atoms with E-state index in [4.69, 9.17) is 0 Å². The van der Waals surface area contributed by atoms with E-state index in [0.717, 1.165) is 10.7 Å². The predicted octanol–water partition coefficient (Wildman–Crippen LogP) is 1.87. The molecule has 1 aliphatic rings. The maximum Gasteiger partial charge on any atom is 0.133 e. The molecule has 4 heteroatoms. The van der Waals surface area contributed by atoms with Crippen LogP contribution in [-0.2, 0) is 11.2 Å². The number of carbonyl (C=O) groups is 1. The Bertz CT molecular complexity index is 362. The van der Waals surface area contributed by atoms with Crippen molar-refractivity contribution >= 4 is 17.1 Å². The van der Waals surface area contributed by atoms with Gasteiger partial charge in [-0.05, 0) is 19.8 Å². The van der Waals surface area contributed by atoms with Gasteiger partial charge in [0.25, 0.3) is 0 Å². The second-order valence-electron chi connectivity index (χ2n) is 4.30. The van der Waals surface area contributed by atoms with Crippen LogP contribution < -0.4 is 0 Å². The van der Waals surface area contributed by atoms with Crippen LogP contribution in [0.1, 0.15) is 36.4 Å². The number of thiazole rings is 1. The van der Waals surface area contributed by atoms with Crippen LogP contribution in [0.4, 0.5) is 0 Å². The lowest BCUT2D eigenvalue weighted by Crippen LogP contribution is -2.36. The molecule has 1 N–H and O–H groups in total. The highest BCUT2D eigenvalue weighted by atomic mass is 32.1. The molecule has 1 heterocycles. The summed E-state index contributed by atoms with van der Waals surface area (Å²) in [6.45, 7) is 1.96. The third kappa shape index (κ3) is 2.63. The van der Waals surface area contributed by atoms with E-state index >= 15 is 0 Å². The second kappa shape index (κ2) is 4.02. The van der Waals surface area contributed by atoms with Crippen LogP contribution in [0.3, 0.4) is 0 Å². The van der Waals surface area contributed by atoms with Crippen LogP contribution in [-0.4, -0.2) is 21.5 Å². The van der Waals surface area contributed by atoms with Gasteiger partial charge in [-0.1, -0.05) is 0 Å². The SMILES string of the molecule is Cc1nc(CC2(O)CCC(=O)CC2)cs1. The molecule has 0 aromatic carbocycles. The predicted molar refractivity (Wildman–Crippen MR) is 59.0 cm³/mol. The Balaban J connectivity index is 2.01. The standard InChI is InChI=1S/C11H15NO2S/c1-8-12-9(7-15-8)6-11(14)4-2-10(13)3-5-11/h7,14H,2-6H2,1H3. The fourth-order valence-electron chi connectivity index (χ4n) is 2.00. The van der Waals surface area contributed by atoms with Gasteiger partial charge in [0.15, 0.2) is 0 Å². The third-order valence-electron chi connectivity index (χ3n) is 2.92. The zero-order valence-electron chi connectivity index (χ0n) is 8.82. The zero-order valence-corrected chi connectivity index (χ0v) is 9.64. The van der Waals surface area contributed by atoms with Crippen molar-refractivity contribution < 1.29 is 9.90 Å². The van der Waals surface area contributed by atoms with Crippen molar-refractivity contribution in [2.45, 2.75) is 44.6 Å². The van der Waals surface area contributed by atoms with Gasteiger partial charge in [-0.2, -0.15) is 0 Å². The van der Waals surface area contributed by atoms with Crippen molar-refractivity contribution in [2.75, 3.05) is 0 Å². The van der Waals surface area contributed by atoms with E-state index in [1.165, 1.54) is 0 Å². The first-order valence-corrected chi connectivity index (χ1v) is 6.10. The van der Waals surface area contributed by atoms with Crippen molar-refractivity contribution in [2.24, 2.45) is 0 Å². The molecule has 1 fully saturated rings. The highest BCUT2D eigenvalue weighted by Crippen LogP contribution is 2.29. The number of rotatable bonds is 2. The summed E-state index contributed by atoms with van der Waals surface area (Å²) in [5.74, 6) is 0.272. The molecule has 0 aliphatic heterocycles. The van der Waals surface area contributed by atoms with Gasteiger partial charge < -0.3 is 5.11 Å². The van der Waals surface area contributed by atoms with Crippen LogP contribution in [0.2, 0.25) is 0 Å². The molecule has 1 aromatic heterocycles. The highest BCUT2D eigenvalue weighted by molar-refractivity contribution is 7.09. The number of hydrogen-bond donors (Lipinski definition) is 1. The van der Waals surface area contributed by atoms with Crippen molar-refractivity contribution in [3.8, 4) is 0 Å². The van der Waals surface area contributed by atoms with Crippen LogP contribution in [0.25, 0.3) is 0 Å². The summed E-state index contributed by atoms with van der Waals surface area (Å²) in [7, 11) is 0. The normalized spacial score (nSPS) is 20.5. The van der Waals surface area contributed by atoms with E-state index in [0.29, 0.717) is 32.1 Å². The zero-order chi connectivity index (χ0) is 10.9. The Hall–Kier alpha value is -0.740. The molecule has 15 heavy (non-hydrogen) atoms. The fourth-order valence-corrected chi connectivity index (χ4v) is 2.61. The average Bonchev–Trinajstić information content (AvgIpc) is 2.57. The summed E-state index contributed by atoms with van der Waals surface area (Å²) in [6, 6.07) is 0. The van der Waals surface area contributed by atoms with Gasteiger partial charge in [-0.25, -0.2) is 4.98 Å². The first-order valence-electron chi connectivity index (χ1n) is 5.22. The molecule has 1 saturated carbocycles. The molecular weight excluding hydrogens is 210 g/mol. The number of aryl methyl sites for hydroxylation is 1. The molecule has 0 atom stereocenters. The largest absolute Gasteiger partial charge is 0.389 e. The summed E-state index contributed by atoms with van der Waals surface area (Å²) >= 11 is 1.60. The van der Waals surface area contributed by atoms with Gasteiger partial charge >= 0.3 is 0 Å². The molecule has 3 nitrogen and oxygen atoms in total. The Morgan fingerprint density at radius 1 is 1.53 bits per heavy atom. The van der Waals surface area contributed by atoms with Gasteiger partial charge in [0.05, 0.1) is 16.3 Å². The maximum atomic E-state index is 11.1. The summed E-state index contributed by atoms with van der Waals surface area (Å²) in [5.41, 5.74) is 0.253. The van der Waals surface area contributed by atoms with Crippen LogP contribution in [0.15, 0.2) is 5.38 Å². The summed E-state index contributed by atoms with van der Waals surface area (Å²) in [6.07, 6.45) is 2.79. The van der Waals surface area contributed by atoms with E-state index in [-0.39, 0.29) is 5.78 Å². The second-order valence-corrected chi connectivity index (χ2v) is 5.36. The fraction of sp³-hybridized carbons (Fsp3) is 0.636. The van der Waals surface area contributed by atoms with Gasteiger partial charge in [0.2, 0.25) is 0 Å². The van der Waals surface area contributed by atoms with E-state index in [9.17, 15) is 9.90 Å². The Kier molecular flexibility index (Phi) is 2.89. The average molecular weight is 225 g/mol. The summed E-state index contributed by atoms with van der Waals surface area (Å²) in [5, 5.41) is 13.3. The number of Topliss-reactive ketones (excluding diaryl/α,β-unsaturated/α-hetero) is 1. The maximum absolute atomic E-state index is 11.1. The number of aliphatic hydroxyl groups is 1. The molecule has 0 bridgehead atoms. The lowest BCUT2D eigenvalue weighted by Gasteiger charge is -2.30. The van der Waals surface area contributed by atoms with Crippen LogP contribution in [0, 0.1) is 6.92 Å². The van der Waals surface area contributed by atoms with Crippen LogP contribution in [0.5, 0.6) is 0 Å². The van der Waals surface area contributed by atoms with Crippen molar-refractivity contribution in [1.82, 2.24) is 4.98 Å². The van der Waals surface area contributed by atoms with Gasteiger partial charge in [0, 0.05) is 24.6 Å². The minimum atomic E-state index is -0.700. The molecule has 1 aromatic rings. The van der Waals surface area contributed by atoms with E-state index in [1.807, 2.05) is 12.3 Å². The third-order valence-corrected chi connectivity index (χ3v) is 3.74. The molecule has 2 rings (SSSR count). The van der Waals surface area contributed by atoms with Crippen LogP contribution >= 0.6 is 11.3 Å². The van der Waals surface area contributed by atoms with Gasteiger partial charge in [-0.3, -0.25) is 4.79 Å². The molecule has 0 radical (unpaired) electrons. The number of carbonyl (C=O) groups excluding carboxylic acids is 1. The first kappa shape index (κ1) is 10.8. The number of nitrogens with zero attached hydrogens (tertiary/aromatic N) is 1. The molecule has 0 unspecified atom stereocenters. The molecule has 0 spiro atoms. The van der Waals surface area contributed by atoms with Gasteiger partial charge in [0.1, 0.15) is 5.78 Å². The monoisotopic (exact) mass is 225 g/mol. The number of hydrogen-bond acceptors (Lipinski definition) is 4. The molecule has 82 valence electrons. The number of ketones is 1. The molecular formula is C11H15NO2S. The molecule has 0 saturated heterocycles. The lowest BCUT2D eigenvalue weighted by atomic mass is 9.81. The molecule has 1 aliphatic carbocycles. The van der Waals surface area contributed by atoms with Crippen molar-refractivity contribution in [3.05, 3.63) is 16.1 Å². The number of aromatic nitrogens is 1. The van der Waals surface area contributed by atoms with E-state index in [2.05, 4.69) is 4.98 Å². The topological polar surface area (TPSA) is 50.2 Å². The summed E-state index contributed by atoms with van der Waals surface area (Å²) < 4.78 is 0. The quantitative estimate of drug-likeness (QED) is 0.836. The lowest BCUT2D eigenvalue weighted by molar-refractivity contribution is -0.125. The minimum Gasteiger partial charge on any atom is -0.389 e. The van der Waals surface area contributed by atoms with Crippen molar-refractivity contribution in [1.29, 1.82) is 0 Å².